The maximum Gasteiger partial charge on any atom is 0.272 e. The van der Waals surface area contributed by atoms with Gasteiger partial charge in [0.15, 0.2) is 5.58 Å². The zero-order chi connectivity index (χ0) is 22.9. The molecule has 1 aliphatic heterocycles. The predicted molar refractivity (Wildman–Crippen MR) is 126 cm³/mol. The van der Waals surface area contributed by atoms with Gasteiger partial charge in [0.25, 0.3) is 5.91 Å². The quantitative estimate of drug-likeness (QED) is 0.405. The molecule has 4 aromatic rings. The van der Waals surface area contributed by atoms with Gasteiger partial charge < -0.3 is 20.4 Å². The normalized spacial score (nSPS) is 13.9. The van der Waals surface area contributed by atoms with E-state index in [1.807, 2.05) is 4.90 Å². The predicted octanol–water partition coefficient (Wildman–Crippen LogP) is 5.63. The van der Waals surface area contributed by atoms with Crippen LogP contribution in [0.25, 0.3) is 22.2 Å². The third kappa shape index (κ3) is 4.09. The van der Waals surface area contributed by atoms with Gasteiger partial charge >= 0.3 is 0 Å². The average Bonchev–Trinajstić information content (AvgIpc) is 3.16. The van der Waals surface area contributed by atoms with Crippen LogP contribution < -0.4 is 11.1 Å². The highest BCUT2D eigenvalue weighted by Crippen LogP contribution is 2.39. The number of carbonyl (C=O) groups is 1. The summed E-state index contributed by atoms with van der Waals surface area (Å²) in [5.41, 5.74) is 9.31. The van der Waals surface area contributed by atoms with E-state index in [4.69, 9.17) is 21.8 Å². The fraction of sp³-hybridized carbons (Fsp3) is 0.208. The number of fused-ring (bicyclic) bond motifs is 1. The minimum absolute atomic E-state index is 0.00332. The number of furan rings is 1. The molecule has 1 aromatic carbocycles. The first kappa shape index (κ1) is 21.2. The van der Waals surface area contributed by atoms with Crippen molar-refractivity contribution in [1.29, 1.82) is 0 Å². The topological polar surface area (TPSA) is 97.3 Å². The van der Waals surface area contributed by atoms with Crippen molar-refractivity contribution < 1.29 is 13.6 Å². The van der Waals surface area contributed by atoms with Crippen LogP contribution in [0.3, 0.4) is 0 Å². The van der Waals surface area contributed by atoms with Gasteiger partial charge in [-0.2, -0.15) is 0 Å². The summed E-state index contributed by atoms with van der Waals surface area (Å²) >= 11 is 5.90. The second kappa shape index (κ2) is 8.71. The first-order valence-electron chi connectivity index (χ1n) is 10.7. The van der Waals surface area contributed by atoms with E-state index >= 15 is 0 Å². The third-order valence-corrected chi connectivity index (χ3v) is 6.01. The van der Waals surface area contributed by atoms with Crippen molar-refractivity contribution >= 4 is 45.7 Å². The standard InChI is InChI=1S/C24H21ClFN5O2/c25-17-13-15(4-5-18(17)26)30-21-16-7-9-29-20(22(16)33-23(21)27)14-6-8-28-19(12-14)24(32)31-10-2-1-3-11-31/h4-9,12-13,30H,1-3,10-11,27H2. The number of nitrogen functional groups attached to an aromatic ring is 1. The molecular formula is C24H21ClFN5O2. The van der Waals surface area contributed by atoms with Gasteiger partial charge in [0.1, 0.15) is 22.9 Å². The number of rotatable bonds is 4. The van der Waals surface area contributed by atoms with E-state index in [9.17, 15) is 9.18 Å². The summed E-state index contributed by atoms with van der Waals surface area (Å²) < 4.78 is 19.4. The van der Waals surface area contributed by atoms with Gasteiger partial charge in [0, 0.05) is 36.7 Å². The molecule has 0 spiro atoms. The molecule has 3 aromatic heterocycles. The van der Waals surface area contributed by atoms with Crippen LogP contribution in [-0.4, -0.2) is 33.9 Å². The Hall–Kier alpha value is -3.65. The van der Waals surface area contributed by atoms with Crippen LogP contribution in [-0.2, 0) is 0 Å². The van der Waals surface area contributed by atoms with E-state index < -0.39 is 5.82 Å². The maximum atomic E-state index is 13.5. The Morgan fingerprint density at radius 1 is 1.09 bits per heavy atom. The van der Waals surface area contributed by atoms with E-state index in [0.29, 0.717) is 39.3 Å². The lowest BCUT2D eigenvalue weighted by Crippen LogP contribution is -2.36. The molecule has 1 aliphatic rings. The van der Waals surface area contributed by atoms with Crippen molar-refractivity contribution in [2.24, 2.45) is 0 Å². The summed E-state index contributed by atoms with van der Waals surface area (Å²) in [5, 5.41) is 3.83. The number of benzene rings is 1. The Balaban J connectivity index is 1.51. The zero-order valence-electron chi connectivity index (χ0n) is 17.6. The lowest BCUT2D eigenvalue weighted by atomic mass is 10.1. The summed E-state index contributed by atoms with van der Waals surface area (Å²) in [6.07, 6.45) is 6.39. The molecule has 0 unspecified atom stereocenters. The Morgan fingerprint density at radius 2 is 1.88 bits per heavy atom. The summed E-state index contributed by atoms with van der Waals surface area (Å²) in [5.74, 6) is -0.442. The fourth-order valence-electron chi connectivity index (χ4n) is 4.05. The summed E-state index contributed by atoms with van der Waals surface area (Å²) in [6.45, 7) is 1.49. The summed E-state index contributed by atoms with van der Waals surface area (Å²) in [7, 11) is 0. The molecule has 5 rings (SSSR count). The number of likely N-dealkylation sites (tertiary alicyclic amines) is 1. The van der Waals surface area contributed by atoms with E-state index in [1.54, 1.807) is 36.7 Å². The van der Waals surface area contributed by atoms with Gasteiger partial charge in [-0.05, 0) is 55.7 Å². The van der Waals surface area contributed by atoms with Crippen LogP contribution in [0.4, 0.5) is 21.6 Å². The lowest BCUT2D eigenvalue weighted by molar-refractivity contribution is 0.0718. The highest BCUT2D eigenvalue weighted by atomic mass is 35.5. The van der Waals surface area contributed by atoms with Gasteiger partial charge in [-0.1, -0.05) is 11.6 Å². The first-order valence-corrected chi connectivity index (χ1v) is 11.0. The molecule has 1 fully saturated rings. The smallest absolute Gasteiger partial charge is 0.272 e. The molecule has 33 heavy (non-hydrogen) atoms. The molecule has 168 valence electrons. The summed E-state index contributed by atoms with van der Waals surface area (Å²) in [6, 6.07) is 9.58. The van der Waals surface area contributed by atoms with Gasteiger partial charge in [-0.3, -0.25) is 14.8 Å². The Labute approximate surface area is 194 Å². The zero-order valence-corrected chi connectivity index (χ0v) is 18.4. The number of nitrogens with two attached hydrogens (primary N) is 1. The number of amides is 1. The average molecular weight is 466 g/mol. The van der Waals surface area contributed by atoms with Gasteiger partial charge in [-0.25, -0.2) is 4.39 Å². The number of hydrogen-bond donors (Lipinski definition) is 2. The van der Waals surface area contributed by atoms with Crippen LogP contribution in [0.5, 0.6) is 0 Å². The number of aromatic nitrogens is 2. The minimum atomic E-state index is -0.508. The van der Waals surface area contributed by atoms with Crippen molar-refractivity contribution in [2.75, 3.05) is 24.1 Å². The highest BCUT2D eigenvalue weighted by Gasteiger charge is 2.22. The number of halogens is 2. The number of piperidine rings is 1. The van der Waals surface area contributed by atoms with Crippen LogP contribution in [0.15, 0.2) is 53.2 Å². The number of nitrogens with zero attached hydrogens (tertiary/aromatic N) is 3. The molecule has 4 heterocycles. The Kier molecular flexibility index (Phi) is 5.60. The molecule has 7 nitrogen and oxygen atoms in total. The molecular weight excluding hydrogens is 445 g/mol. The third-order valence-electron chi connectivity index (χ3n) is 5.72. The van der Waals surface area contributed by atoms with Crippen LogP contribution in [0.2, 0.25) is 5.02 Å². The first-order chi connectivity index (χ1) is 16.0. The summed E-state index contributed by atoms with van der Waals surface area (Å²) in [4.78, 5) is 23.5. The van der Waals surface area contributed by atoms with Gasteiger partial charge in [-0.15, -0.1) is 0 Å². The lowest BCUT2D eigenvalue weighted by Gasteiger charge is -2.26. The van der Waals surface area contributed by atoms with E-state index in [1.165, 1.54) is 12.1 Å². The SMILES string of the molecule is Nc1oc2c(-c3ccnc(C(=O)N4CCCCC4)c3)nccc2c1Nc1ccc(F)c(Cl)c1. The maximum absolute atomic E-state index is 13.5. The molecule has 3 N–H and O–H groups in total. The van der Waals surface area contributed by atoms with Crippen molar-refractivity contribution in [2.45, 2.75) is 19.3 Å². The van der Waals surface area contributed by atoms with Gasteiger partial charge in [0.05, 0.1) is 10.4 Å². The van der Waals surface area contributed by atoms with Crippen molar-refractivity contribution in [3.05, 3.63) is 65.3 Å². The van der Waals surface area contributed by atoms with E-state index in [-0.39, 0.29) is 16.8 Å². The number of anilines is 3. The molecule has 9 heteroatoms. The molecule has 0 bridgehead atoms. The van der Waals surface area contributed by atoms with E-state index in [2.05, 4.69) is 15.3 Å². The van der Waals surface area contributed by atoms with Crippen molar-refractivity contribution in [3.63, 3.8) is 0 Å². The van der Waals surface area contributed by atoms with Crippen molar-refractivity contribution in [3.8, 4) is 11.3 Å². The largest absolute Gasteiger partial charge is 0.436 e. The molecule has 1 saturated heterocycles. The molecule has 0 saturated carbocycles. The van der Waals surface area contributed by atoms with Crippen LogP contribution in [0.1, 0.15) is 29.8 Å². The second-order valence-corrected chi connectivity index (χ2v) is 8.32. The number of carbonyl (C=O) groups excluding carboxylic acids is 1. The molecule has 0 atom stereocenters. The highest BCUT2D eigenvalue weighted by molar-refractivity contribution is 6.31. The molecule has 0 aliphatic carbocycles. The second-order valence-electron chi connectivity index (χ2n) is 7.91. The van der Waals surface area contributed by atoms with E-state index in [0.717, 1.165) is 32.4 Å². The fourth-order valence-corrected chi connectivity index (χ4v) is 4.23. The number of hydrogen-bond acceptors (Lipinski definition) is 6. The Morgan fingerprint density at radius 3 is 2.67 bits per heavy atom. The van der Waals surface area contributed by atoms with Crippen molar-refractivity contribution in [1.82, 2.24) is 14.9 Å². The Bertz CT molecular complexity index is 1350. The van der Waals surface area contributed by atoms with Gasteiger partial charge in [0.2, 0.25) is 5.88 Å². The van der Waals surface area contributed by atoms with Crippen LogP contribution in [0, 0.1) is 5.82 Å². The minimum Gasteiger partial charge on any atom is -0.436 e. The van der Waals surface area contributed by atoms with Crippen LogP contribution >= 0.6 is 11.6 Å². The number of pyridine rings is 2. The monoisotopic (exact) mass is 465 g/mol. The molecule has 1 amide bonds. The molecule has 0 radical (unpaired) electrons. The number of nitrogens with one attached hydrogen (secondary N) is 1.